The number of para-hydroxylation sites is 4. The fraction of sp³-hybridized carbons (Fsp3) is 0. The molecule has 0 aliphatic rings. The molecule has 0 unspecified atom stereocenters. The third-order valence-electron chi connectivity index (χ3n) is 10.4. The number of aromatic nitrogens is 3. The maximum absolute atomic E-state index is 10.9. The lowest BCUT2D eigenvalue weighted by Crippen LogP contribution is -2.00. The number of hydrogen-bond donors (Lipinski definition) is 0. The molecule has 3 aromatic heterocycles. The van der Waals surface area contributed by atoms with Crippen LogP contribution in [0.3, 0.4) is 0 Å². The van der Waals surface area contributed by atoms with E-state index in [-0.39, 0.29) is 0 Å². The molecule has 0 spiro atoms. The fourth-order valence-electron chi connectivity index (χ4n) is 8.18. The summed E-state index contributed by atoms with van der Waals surface area (Å²) in [4.78, 5) is 9.76. The monoisotopic (exact) mass is 687 g/mol. The Morgan fingerprint density at radius 1 is 0.481 bits per heavy atom. The van der Waals surface area contributed by atoms with Crippen molar-refractivity contribution in [3.05, 3.63) is 193 Å². The van der Waals surface area contributed by atoms with Crippen molar-refractivity contribution in [2.24, 2.45) is 0 Å². The second kappa shape index (κ2) is 12.5. The van der Waals surface area contributed by atoms with E-state index in [1.165, 1.54) is 0 Å². The molecule has 0 saturated carbocycles. The smallest absolute Gasteiger partial charge is 0.221 e. The van der Waals surface area contributed by atoms with Gasteiger partial charge in [0.25, 0.3) is 0 Å². The van der Waals surface area contributed by atoms with Crippen molar-refractivity contribution in [2.75, 3.05) is 0 Å². The van der Waals surface area contributed by atoms with Gasteiger partial charge in [0.05, 0.1) is 45.6 Å². The van der Waals surface area contributed by atoms with Gasteiger partial charge in [-0.1, -0.05) is 133 Å². The van der Waals surface area contributed by atoms with E-state index < -0.39 is 0 Å². The van der Waals surface area contributed by atoms with Gasteiger partial charge in [0.1, 0.15) is 6.07 Å². The Hall–Kier alpha value is -7.73. The average molecular weight is 688 g/mol. The predicted molar refractivity (Wildman–Crippen MR) is 220 cm³/mol. The molecule has 10 rings (SSSR count). The van der Waals surface area contributed by atoms with E-state index in [4.69, 9.17) is 11.6 Å². The molecule has 0 N–H and O–H groups in total. The molecule has 0 amide bonds. The molecular formula is C49H29N5. The standard InChI is InChI=1S/C49H29N5/c1-51-48-43(32-18-6-2-7-19-32)38(31-50)47(33-20-8-3-9-21-33)52-49(48)46-44-36-26-14-16-28-39(36)53(34-22-10-4-11-23-34)41(44)30-42-45(46)37-27-15-17-29-40(37)54(42)35-24-12-5-13-25-35/h2-30H. The van der Waals surface area contributed by atoms with Crippen LogP contribution in [0.1, 0.15) is 5.56 Å². The van der Waals surface area contributed by atoms with E-state index in [9.17, 15) is 5.26 Å². The molecule has 250 valence electrons. The molecule has 0 aliphatic carbocycles. The summed E-state index contributed by atoms with van der Waals surface area (Å²) in [5.41, 5.74) is 11.0. The van der Waals surface area contributed by atoms with E-state index in [0.29, 0.717) is 28.2 Å². The lowest BCUT2D eigenvalue weighted by molar-refractivity contribution is 1.16. The van der Waals surface area contributed by atoms with Crippen LogP contribution >= 0.6 is 0 Å². The minimum absolute atomic E-state index is 0.347. The van der Waals surface area contributed by atoms with Crippen LogP contribution in [0.5, 0.6) is 0 Å². The molecule has 0 bridgehead atoms. The number of pyridine rings is 1. The molecule has 0 fully saturated rings. The maximum atomic E-state index is 10.9. The van der Waals surface area contributed by atoms with Crippen LogP contribution in [0.4, 0.5) is 5.69 Å². The maximum Gasteiger partial charge on any atom is 0.221 e. The summed E-state index contributed by atoms with van der Waals surface area (Å²) in [7, 11) is 0. The van der Waals surface area contributed by atoms with Gasteiger partial charge < -0.3 is 9.13 Å². The van der Waals surface area contributed by atoms with Gasteiger partial charge in [0.15, 0.2) is 0 Å². The molecule has 5 nitrogen and oxygen atoms in total. The largest absolute Gasteiger partial charge is 0.309 e. The Morgan fingerprint density at radius 2 is 0.926 bits per heavy atom. The summed E-state index contributed by atoms with van der Waals surface area (Å²) in [6.45, 7) is 8.86. The van der Waals surface area contributed by atoms with Crippen molar-refractivity contribution < 1.29 is 0 Å². The Kier molecular flexibility index (Phi) is 7.18. The topological polar surface area (TPSA) is 50.9 Å². The first-order valence-electron chi connectivity index (χ1n) is 17.8. The summed E-state index contributed by atoms with van der Waals surface area (Å²) in [5.74, 6) is 0. The first-order valence-corrected chi connectivity index (χ1v) is 17.8. The van der Waals surface area contributed by atoms with E-state index in [2.05, 4.69) is 123 Å². The lowest BCUT2D eigenvalue weighted by Gasteiger charge is -2.18. The van der Waals surface area contributed by atoms with Crippen LogP contribution in [-0.2, 0) is 0 Å². The van der Waals surface area contributed by atoms with Gasteiger partial charge in [-0.2, -0.15) is 5.26 Å². The van der Waals surface area contributed by atoms with Crippen LogP contribution in [0.15, 0.2) is 176 Å². The highest BCUT2D eigenvalue weighted by molar-refractivity contribution is 6.29. The number of benzene rings is 7. The minimum Gasteiger partial charge on any atom is -0.309 e. The Balaban J connectivity index is 1.51. The van der Waals surface area contributed by atoms with Gasteiger partial charge in [-0.05, 0) is 48.0 Å². The van der Waals surface area contributed by atoms with Crippen molar-refractivity contribution in [3.63, 3.8) is 0 Å². The molecule has 3 heterocycles. The van der Waals surface area contributed by atoms with Crippen LogP contribution in [0, 0.1) is 17.9 Å². The highest BCUT2D eigenvalue weighted by Crippen LogP contribution is 2.51. The van der Waals surface area contributed by atoms with Crippen LogP contribution in [-0.4, -0.2) is 14.1 Å². The van der Waals surface area contributed by atoms with E-state index in [1.807, 2.05) is 72.8 Å². The van der Waals surface area contributed by atoms with Gasteiger partial charge in [0, 0.05) is 49.6 Å². The average Bonchev–Trinajstić information content (AvgIpc) is 3.76. The molecule has 7 aromatic carbocycles. The third kappa shape index (κ3) is 4.60. The van der Waals surface area contributed by atoms with E-state index in [1.54, 1.807) is 0 Å². The first kappa shape index (κ1) is 31.0. The highest BCUT2D eigenvalue weighted by Gasteiger charge is 2.29. The van der Waals surface area contributed by atoms with Crippen molar-refractivity contribution in [1.82, 2.24) is 14.1 Å². The minimum atomic E-state index is 0.347. The van der Waals surface area contributed by atoms with Crippen molar-refractivity contribution in [1.29, 1.82) is 5.26 Å². The summed E-state index contributed by atoms with van der Waals surface area (Å²) in [5, 5.41) is 15.0. The molecule has 5 heteroatoms. The van der Waals surface area contributed by atoms with E-state index in [0.717, 1.165) is 71.7 Å². The Bertz CT molecular complexity index is 3010. The summed E-state index contributed by atoms with van der Waals surface area (Å²) in [6.07, 6.45) is 0. The molecule has 10 aromatic rings. The molecule has 0 atom stereocenters. The van der Waals surface area contributed by atoms with Crippen molar-refractivity contribution in [3.8, 4) is 51.1 Å². The zero-order valence-corrected chi connectivity index (χ0v) is 29.0. The van der Waals surface area contributed by atoms with Crippen LogP contribution in [0.2, 0.25) is 0 Å². The summed E-state index contributed by atoms with van der Waals surface area (Å²) < 4.78 is 4.63. The molecule has 0 aliphatic heterocycles. The van der Waals surface area contributed by atoms with Gasteiger partial charge in [-0.3, -0.25) is 4.98 Å². The molecular weight excluding hydrogens is 659 g/mol. The van der Waals surface area contributed by atoms with Crippen molar-refractivity contribution >= 4 is 49.3 Å². The number of nitriles is 1. The van der Waals surface area contributed by atoms with Gasteiger partial charge in [0.2, 0.25) is 5.69 Å². The zero-order valence-electron chi connectivity index (χ0n) is 29.0. The van der Waals surface area contributed by atoms with Gasteiger partial charge in [-0.15, -0.1) is 0 Å². The lowest BCUT2D eigenvalue weighted by atomic mass is 9.90. The normalized spacial score (nSPS) is 11.3. The number of fused-ring (bicyclic) bond motifs is 6. The summed E-state index contributed by atoms with van der Waals surface area (Å²) in [6, 6.07) is 62.2. The van der Waals surface area contributed by atoms with Crippen LogP contribution in [0.25, 0.3) is 93.5 Å². The Labute approximate surface area is 311 Å². The second-order valence-electron chi connectivity index (χ2n) is 13.3. The summed E-state index contributed by atoms with van der Waals surface area (Å²) >= 11 is 0. The quantitative estimate of drug-likeness (QED) is 0.169. The second-order valence-corrected chi connectivity index (χ2v) is 13.3. The zero-order chi connectivity index (χ0) is 36.2. The van der Waals surface area contributed by atoms with Crippen molar-refractivity contribution in [2.45, 2.75) is 0 Å². The molecule has 0 radical (unpaired) electrons. The SMILES string of the molecule is [C-]#[N+]c1c(-c2c3c4ccccc4n(-c4ccccc4)c3cc3c2c2ccccc2n3-c2ccccc2)nc(-c2ccccc2)c(C#N)c1-c1ccccc1. The third-order valence-corrected chi connectivity index (χ3v) is 10.4. The van der Waals surface area contributed by atoms with Crippen LogP contribution < -0.4 is 0 Å². The Morgan fingerprint density at radius 3 is 1.41 bits per heavy atom. The van der Waals surface area contributed by atoms with E-state index >= 15 is 0 Å². The number of nitrogens with zero attached hydrogens (tertiary/aromatic N) is 5. The molecule has 0 saturated heterocycles. The van der Waals surface area contributed by atoms with Gasteiger partial charge in [-0.25, -0.2) is 4.85 Å². The number of rotatable bonds is 5. The fourth-order valence-corrected chi connectivity index (χ4v) is 8.18. The van der Waals surface area contributed by atoms with Gasteiger partial charge >= 0.3 is 0 Å². The molecule has 54 heavy (non-hydrogen) atoms. The number of hydrogen-bond acceptors (Lipinski definition) is 2. The first-order chi connectivity index (χ1) is 26.8. The predicted octanol–water partition coefficient (Wildman–Crippen LogP) is 12.7. The highest BCUT2D eigenvalue weighted by atomic mass is 15.0.